The molecule has 29 heavy (non-hydrogen) atoms. The van der Waals surface area contributed by atoms with E-state index in [1.165, 1.54) is 10.4 Å². The first-order chi connectivity index (χ1) is 13.8. The number of halogens is 2. The lowest BCUT2D eigenvalue weighted by Crippen LogP contribution is -2.41. The second-order valence-corrected chi connectivity index (χ2v) is 9.48. The molecule has 0 atom stereocenters. The molecule has 1 fully saturated rings. The van der Waals surface area contributed by atoms with Crippen molar-refractivity contribution < 1.29 is 17.9 Å². The summed E-state index contributed by atoms with van der Waals surface area (Å²) in [6.45, 7) is 2.62. The lowest BCUT2D eigenvalue weighted by atomic mass is 9.97. The quantitative estimate of drug-likeness (QED) is 0.697. The van der Waals surface area contributed by atoms with Crippen molar-refractivity contribution in [2.24, 2.45) is 5.92 Å². The van der Waals surface area contributed by atoms with Crippen LogP contribution in [0, 0.1) is 5.92 Å². The number of benzene rings is 2. The van der Waals surface area contributed by atoms with Crippen molar-refractivity contribution in [3.05, 3.63) is 52.5 Å². The summed E-state index contributed by atoms with van der Waals surface area (Å²) in [4.78, 5) is 12.6. The van der Waals surface area contributed by atoms with Crippen molar-refractivity contribution in [3.8, 4) is 5.75 Å². The van der Waals surface area contributed by atoms with Crippen molar-refractivity contribution in [2.75, 3.05) is 25.0 Å². The Balaban J connectivity index is 1.68. The zero-order chi connectivity index (χ0) is 21.0. The van der Waals surface area contributed by atoms with Crippen LogP contribution in [0.2, 0.25) is 10.0 Å². The summed E-state index contributed by atoms with van der Waals surface area (Å²) in [7, 11) is -3.78. The van der Waals surface area contributed by atoms with E-state index in [-0.39, 0.29) is 35.6 Å². The molecule has 0 aliphatic carbocycles. The van der Waals surface area contributed by atoms with Crippen LogP contribution >= 0.6 is 23.2 Å². The molecular formula is C20H22Cl2N2O4S. The zero-order valence-corrected chi connectivity index (χ0v) is 18.2. The van der Waals surface area contributed by atoms with E-state index in [9.17, 15) is 13.2 Å². The summed E-state index contributed by atoms with van der Waals surface area (Å²) in [6, 6.07) is 11.5. The number of carbonyl (C=O) groups excluding carboxylic acids is 1. The van der Waals surface area contributed by atoms with E-state index < -0.39 is 10.0 Å². The summed E-state index contributed by atoms with van der Waals surface area (Å²) < 4.78 is 33.1. The van der Waals surface area contributed by atoms with Gasteiger partial charge in [0.05, 0.1) is 6.61 Å². The maximum atomic E-state index is 13.1. The predicted molar refractivity (Wildman–Crippen MR) is 114 cm³/mol. The maximum Gasteiger partial charge on any atom is 0.246 e. The molecular weight excluding hydrogens is 435 g/mol. The maximum absolute atomic E-state index is 13.1. The molecule has 0 unspecified atom stereocenters. The van der Waals surface area contributed by atoms with Crippen molar-refractivity contribution >= 4 is 44.8 Å². The molecule has 1 heterocycles. The van der Waals surface area contributed by atoms with E-state index in [0.717, 1.165) is 0 Å². The first-order valence-corrected chi connectivity index (χ1v) is 11.5. The smallest absolute Gasteiger partial charge is 0.246 e. The van der Waals surface area contributed by atoms with Gasteiger partial charge in [-0.25, -0.2) is 8.42 Å². The fraction of sp³-hybridized carbons (Fsp3) is 0.350. The van der Waals surface area contributed by atoms with Crippen molar-refractivity contribution in [1.29, 1.82) is 0 Å². The minimum Gasteiger partial charge on any atom is -0.492 e. The SMILES string of the molecule is CCOc1ccc(Cl)cc1S(=O)(=O)N1CCC(C(=O)Nc2cccc(Cl)c2)CC1. The van der Waals surface area contributed by atoms with Gasteiger partial charge < -0.3 is 10.1 Å². The van der Waals surface area contributed by atoms with Gasteiger partial charge in [0, 0.05) is 34.7 Å². The van der Waals surface area contributed by atoms with Gasteiger partial charge in [-0.1, -0.05) is 29.3 Å². The number of rotatable bonds is 6. The van der Waals surface area contributed by atoms with Gasteiger partial charge >= 0.3 is 0 Å². The number of carbonyl (C=O) groups is 1. The molecule has 0 spiro atoms. The number of ether oxygens (including phenoxy) is 1. The molecule has 1 amide bonds. The molecule has 0 bridgehead atoms. The number of sulfonamides is 1. The van der Waals surface area contributed by atoms with Crippen LogP contribution in [0.5, 0.6) is 5.75 Å². The summed E-state index contributed by atoms with van der Waals surface area (Å²) >= 11 is 12.0. The van der Waals surface area contributed by atoms with Crippen LogP contribution in [0.15, 0.2) is 47.4 Å². The van der Waals surface area contributed by atoms with E-state index in [1.807, 2.05) is 0 Å². The average molecular weight is 457 g/mol. The number of piperidine rings is 1. The second kappa shape index (κ2) is 9.34. The van der Waals surface area contributed by atoms with Crippen molar-refractivity contribution in [2.45, 2.75) is 24.7 Å². The summed E-state index contributed by atoms with van der Waals surface area (Å²) in [5.41, 5.74) is 0.623. The Morgan fingerprint density at radius 2 is 1.83 bits per heavy atom. The summed E-state index contributed by atoms with van der Waals surface area (Å²) in [5, 5.41) is 3.70. The molecule has 0 saturated carbocycles. The normalized spacial score (nSPS) is 15.8. The van der Waals surface area contributed by atoms with Gasteiger partial charge in [-0.2, -0.15) is 4.31 Å². The number of hydrogen-bond acceptors (Lipinski definition) is 4. The Morgan fingerprint density at radius 3 is 2.48 bits per heavy atom. The van der Waals surface area contributed by atoms with Gasteiger partial charge in [-0.15, -0.1) is 0 Å². The molecule has 1 saturated heterocycles. The highest BCUT2D eigenvalue weighted by Gasteiger charge is 2.34. The largest absolute Gasteiger partial charge is 0.492 e. The molecule has 9 heteroatoms. The van der Waals surface area contributed by atoms with Crippen molar-refractivity contribution in [1.82, 2.24) is 4.31 Å². The molecule has 1 N–H and O–H groups in total. The molecule has 0 aromatic heterocycles. The molecule has 2 aromatic rings. The Bertz CT molecular complexity index is 990. The van der Waals surface area contributed by atoms with Crippen LogP contribution in [0.1, 0.15) is 19.8 Å². The average Bonchev–Trinajstić information content (AvgIpc) is 2.69. The molecule has 0 radical (unpaired) electrons. The topological polar surface area (TPSA) is 75.7 Å². The first-order valence-electron chi connectivity index (χ1n) is 9.30. The third-order valence-electron chi connectivity index (χ3n) is 4.74. The standard InChI is InChI=1S/C20H22Cl2N2O4S/c1-2-28-18-7-6-16(22)13-19(18)29(26,27)24-10-8-14(9-11-24)20(25)23-17-5-3-4-15(21)12-17/h3-7,12-14H,2,8-11H2,1H3,(H,23,25). The minimum absolute atomic E-state index is 0.0497. The third kappa shape index (κ3) is 5.22. The molecule has 156 valence electrons. The second-order valence-electron chi connectivity index (χ2n) is 6.70. The fourth-order valence-corrected chi connectivity index (χ4v) is 5.32. The third-order valence-corrected chi connectivity index (χ3v) is 7.13. The van der Waals surface area contributed by atoms with Crippen molar-refractivity contribution in [3.63, 3.8) is 0 Å². The lowest BCUT2D eigenvalue weighted by molar-refractivity contribution is -0.120. The monoisotopic (exact) mass is 456 g/mol. The van der Waals surface area contributed by atoms with E-state index in [4.69, 9.17) is 27.9 Å². The predicted octanol–water partition coefficient (Wildman–Crippen LogP) is 4.43. The number of nitrogens with one attached hydrogen (secondary N) is 1. The Kier molecular flexibility index (Phi) is 7.05. The highest BCUT2D eigenvalue weighted by molar-refractivity contribution is 7.89. The molecule has 2 aromatic carbocycles. The van der Waals surface area contributed by atoms with E-state index >= 15 is 0 Å². The van der Waals surface area contributed by atoms with Gasteiger partial charge in [0.1, 0.15) is 10.6 Å². The van der Waals surface area contributed by atoms with E-state index in [2.05, 4.69) is 5.32 Å². The molecule has 1 aliphatic heterocycles. The van der Waals surface area contributed by atoms with Gasteiger partial charge in [0.2, 0.25) is 15.9 Å². The number of hydrogen-bond donors (Lipinski definition) is 1. The number of nitrogens with zero attached hydrogens (tertiary/aromatic N) is 1. The van der Waals surface area contributed by atoms with E-state index in [0.29, 0.717) is 35.2 Å². The molecule has 1 aliphatic rings. The highest BCUT2D eigenvalue weighted by atomic mass is 35.5. The van der Waals surface area contributed by atoms with Gasteiger partial charge in [0.25, 0.3) is 0 Å². The van der Waals surface area contributed by atoms with Crippen LogP contribution in [-0.4, -0.2) is 38.3 Å². The summed E-state index contributed by atoms with van der Waals surface area (Å²) in [5.74, 6) is -0.133. The number of amides is 1. The fourth-order valence-electron chi connectivity index (χ4n) is 3.27. The Morgan fingerprint density at radius 1 is 1.14 bits per heavy atom. The zero-order valence-electron chi connectivity index (χ0n) is 15.9. The van der Waals surface area contributed by atoms with Crippen LogP contribution in [0.3, 0.4) is 0 Å². The Hall–Kier alpha value is -1.80. The van der Waals surface area contributed by atoms with Crippen LogP contribution < -0.4 is 10.1 Å². The molecule has 6 nitrogen and oxygen atoms in total. The summed E-state index contributed by atoms with van der Waals surface area (Å²) in [6.07, 6.45) is 0.853. The van der Waals surface area contributed by atoms with Gasteiger partial charge in [-0.3, -0.25) is 4.79 Å². The lowest BCUT2D eigenvalue weighted by Gasteiger charge is -2.31. The van der Waals surface area contributed by atoms with Gasteiger partial charge in [-0.05, 0) is 56.2 Å². The Labute approximate surface area is 180 Å². The molecule has 3 rings (SSSR count). The minimum atomic E-state index is -3.78. The van der Waals surface area contributed by atoms with Gasteiger partial charge in [0.15, 0.2) is 0 Å². The number of anilines is 1. The first kappa shape index (κ1) is 21.9. The van der Waals surface area contributed by atoms with Crippen LogP contribution in [0.4, 0.5) is 5.69 Å². The van der Waals surface area contributed by atoms with Crippen LogP contribution in [0.25, 0.3) is 0 Å². The van der Waals surface area contributed by atoms with E-state index in [1.54, 1.807) is 43.3 Å². The highest BCUT2D eigenvalue weighted by Crippen LogP contribution is 2.32. The van der Waals surface area contributed by atoms with Crippen LogP contribution in [-0.2, 0) is 14.8 Å².